The van der Waals surface area contributed by atoms with Crippen LogP contribution in [-0.4, -0.2) is 16.7 Å². The minimum atomic E-state index is -0.529. The molecule has 1 amide bonds. The molecule has 2 aromatic heterocycles. The zero-order valence-electron chi connectivity index (χ0n) is 15.7. The zero-order chi connectivity index (χ0) is 19.8. The van der Waals surface area contributed by atoms with Crippen LogP contribution in [0.1, 0.15) is 55.6 Å². The molecule has 0 saturated carbocycles. The van der Waals surface area contributed by atoms with E-state index in [1.807, 2.05) is 32.0 Å². The summed E-state index contributed by atoms with van der Waals surface area (Å²) in [5.74, 6) is -0.0322. The van der Waals surface area contributed by atoms with Crippen molar-refractivity contribution in [3.8, 4) is 0 Å². The van der Waals surface area contributed by atoms with Crippen LogP contribution in [0.4, 0.5) is 5.69 Å². The van der Waals surface area contributed by atoms with Crippen molar-refractivity contribution in [1.82, 2.24) is 4.98 Å². The van der Waals surface area contributed by atoms with Crippen molar-refractivity contribution in [2.24, 2.45) is 0 Å². The standard InChI is InChI=1S/C22H20N2O4/c1-12-5-3-6-17(13(12)2)23-21(26)16-11-15-18(24-22(16)27)9-14(10-19(15)25)20-7-4-8-28-20/h3-8,11,14H,9-10H2,1-2H3,(H,23,26)(H,24,27). The summed E-state index contributed by atoms with van der Waals surface area (Å²) in [4.78, 5) is 40.6. The quantitative estimate of drug-likeness (QED) is 0.728. The van der Waals surface area contributed by atoms with Crippen molar-refractivity contribution in [3.63, 3.8) is 0 Å². The molecule has 2 heterocycles. The number of ketones is 1. The van der Waals surface area contributed by atoms with Gasteiger partial charge in [-0.3, -0.25) is 14.4 Å². The number of furan rings is 1. The molecule has 0 radical (unpaired) electrons. The molecule has 4 rings (SSSR count). The fourth-order valence-corrected chi connectivity index (χ4v) is 3.60. The van der Waals surface area contributed by atoms with Gasteiger partial charge in [-0.25, -0.2) is 0 Å². The molecule has 0 fully saturated rings. The number of hydrogen-bond acceptors (Lipinski definition) is 4. The lowest BCUT2D eigenvalue weighted by molar-refractivity contribution is 0.0959. The maximum atomic E-state index is 12.7. The third kappa shape index (κ3) is 3.17. The smallest absolute Gasteiger partial charge is 0.261 e. The Morgan fingerprint density at radius 3 is 2.71 bits per heavy atom. The fraction of sp³-hybridized carbons (Fsp3) is 0.227. The summed E-state index contributed by atoms with van der Waals surface area (Å²) in [6.45, 7) is 3.85. The summed E-state index contributed by atoms with van der Waals surface area (Å²) in [6.07, 6.45) is 2.34. The van der Waals surface area contributed by atoms with Crippen molar-refractivity contribution in [1.29, 1.82) is 0 Å². The van der Waals surface area contributed by atoms with Crippen LogP contribution in [-0.2, 0) is 6.42 Å². The average molecular weight is 376 g/mol. The van der Waals surface area contributed by atoms with Crippen molar-refractivity contribution in [3.05, 3.63) is 86.7 Å². The topological polar surface area (TPSA) is 92.2 Å². The Kier molecular flexibility index (Phi) is 4.47. The minimum Gasteiger partial charge on any atom is -0.469 e. The number of carbonyl (C=O) groups is 2. The first kappa shape index (κ1) is 18.0. The lowest BCUT2D eigenvalue weighted by Crippen LogP contribution is -2.29. The molecule has 1 aromatic carbocycles. The first-order valence-corrected chi connectivity index (χ1v) is 9.14. The van der Waals surface area contributed by atoms with Gasteiger partial charge in [0.1, 0.15) is 11.3 Å². The van der Waals surface area contributed by atoms with E-state index in [2.05, 4.69) is 10.3 Å². The molecule has 0 bridgehead atoms. The number of anilines is 1. The molecule has 28 heavy (non-hydrogen) atoms. The highest BCUT2D eigenvalue weighted by Gasteiger charge is 2.30. The Balaban J connectivity index is 1.65. The largest absolute Gasteiger partial charge is 0.469 e. The highest BCUT2D eigenvalue weighted by molar-refractivity contribution is 6.07. The Labute approximate surface area is 161 Å². The molecule has 1 aliphatic carbocycles. The minimum absolute atomic E-state index is 0.0653. The maximum Gasteiger partial charge on any atom is 0.261 e. The fourth-order valence-electron chi connectivity index (χ4n) is 3.60. The second-order valence-electron chi connectivity index (χ2n) is 7.15. The molecule has 0 spiro atoms. The molecule has 0 saturated heterocycles. The summed E-state index contributed by atoms with van der Waals surface area (Å²) in [7, 11) is 0. The highest BCUT2D eigenvalue weighted by atomic mass is 16.3. The monoisotopic (exact) mass is 376 g/mol. The number of fused-ring (bicyclic) bond motifs is 1. The molecule has 6 heteroatoms. The van der Waals surface area contributed by atoms with Crippen LogP contribution < -0.4 is 10.9 Å². The number of benzene rings is 1. The lowest BCUT2D eigenvalue weighted by atomic mass is 9.84. The Hall–Kier alpha value is -3.41. The van der Waals surface area contributed by atoms with Crippen LogP contribution in [0.25, 0.3) is 0 Å². The third-order valence-electron chi connectivity index (χ3n) is 5.35. The van der Waals surface area contributed by atoms with Gasteiger partial charge in [-0.1, -0.05) is 12.1 Å². The zero-order valence-corrected chi connectivity index (χ0v) is 15.7. The molecular formula is C22H20N2O4. The van der Waals surface area contributed by atoms with Gasteiger partial charge in [-0.05, 0) is 55.7 Å². The van der Waals surface area contributed by atoms with Crippen LogP contribution in [0.15, 0.2) is 51.9 Å². The molecule has 0 aliphatic heterocycles. The third-order valence-corrected chi connectivity index (χ3v) is 5.35. The summed E-state index contributed by atoms with van der Waals surface area (Å²) in [5, 5.41) is 2.78. The van der Waals surface area contributed by atoms with E-state index in [0.29, 0.717) is 23.4 Å². The van der Waals surface area contributed by atoms with E-state index in [4.69, 9.17) is 4.42 Å². The van der Waals surface area contributed by atoms with Gasteiger partial charge in [-0.2, -0.15) is 0 Å². The summed E-state index contributed by atoms with van der Waals surface area (Å²) in [6, 6.07) is 10.6. The van der Waals surface area contributed by atoms with Crippen LogP contribution in [0.5, 0.6) is 0 Å². The molecule has 3 aromatic rings. The van der Waals surface area contributed by atoms with Gasteiger partial charge in [0, 0.05) is 29.3 Å². The van der Waals surface area contributed by atoms with E-state index >= 15 is 0 Å². The number of aromatic nitrogens is 1. The van der Waals surface area contributed by atoms with Gasteiger partial charge in [-0.15, -0.1) is 0 Å². The van der Waals surface area contributed by atoms with Crippen LogP contribution in [0.2, 0.25) is 0 Å². The Morgan fingerprint density at radius 1 is 1.14 bits per heavy atom. The summed E-state index contributed by atoms with van der Waals surface area (Å²) >= 11 is 0. The van der Waals surface area contributed by atoms with Crippen molar-refractivity contribution >= 4 is 17.4 Å². The number of rotatable bonds is 3. The highest BCUT2D eigenvalue weighted by Crippen LogP contribution is 2.31. The normalized spacial score (nSPS) is 15.9. The number of pyridine rings is 1. The van der Waals surface area contributed by atoms with Crippen LogP contribution in [0, 0.1) is 13.8 Å². The lowest BCUT2D eigenvalue weighted by Gasteiger charge is -2.22. The number of aromatic amines is 1. The molecule has 6 nitrogen and oxygen atoms in total. The number of carbonyl (C=O) groups excluding carboxylic acids is 2. The van der Waals surface area contributed by atoms with Crippen molar-refractivity contribution < 1.29 is 14.0 Å². The van der Waals surface area contributed by atoms with Gasteiger partial charge in [0.15, 0.2) is 5.78 Å². The molecule has 1 unspecified atom stereocenters. The van der Waals surface area contributed by atoms with Gasteiger partial charge in [0.2, 0.25) is 0 Å². The molecule has 2 N–H and O–H groups in total. The maximum absolute atomic E-state index is 12.7. The predicted molar refractivity (Wildman–Crippen MR) is 105 cm³/mol. The van der Waals surface area contributed by atoms with Gasteiger partial charge in [0.05, 0.1) is 6.26 Å². The average Bonchev–Trinajstić information content (AvgIpc) is 3.19. The van der Waals surface area contributed by atoms with Crippen molar-refractivity contribution in [2.45, 2.75) is 32.6 Å². The number of Topliss-reactive ketones (excluding diaryl/α,β-unsaturated/α-hetero) is 1. The van der Waals surface area contributed by atoms with E-state index in [0.717, 1.165) is 16.9 Å². The molecular weight excluding hydrogens is 356 g/mol. The number of amides is 1. The number of nitrogens with one attached hydrogen (secondary N) is 2. The first-order valence-electron chi connectivity index (χ1n) is 9.14. The summed E-state index contributed by atoms with van der Waals surface area (Å²) < 4.78 is 5.41. The van der Waals surface area contributed by atoms with E-state index in [1.165, 1.54) is 6.07 Å². The van der Waals surface area contributed by atoms with Crippen molar-refractivity contribution in [2.75, 3.05) is 5.32 Å². The van der Waals surface area contributed by atoms with Crippen LogP contribution >= 0.6 is 0 Å². The van der Waals surface area contributed by atoms with E-state index in [-0.39, 0.29) is 23.7 Å². The van der Waals surface area contributed by atoms with Gasteiger partial charge < -0.3 is 14.7 Å². The second-order valence-corrected chi connectivity index (χ2v) is 7.15. The van der Waals surface area contributed by atoms with E-state index in [1.54, 1.807) is 18.4 Å². The first-order chi connectivity index (χ1) is 13.4. The van der Waals surface area contributed by atoms with Gasteiger partial charge in [0.25, 0.3) is 11.5 Å². The SMILES string of the molecule is Cc1cccc(NC(=O)c2cc3c([nH]c2=O)CC(c2ccco2)CC3=O)c1C. The molecule has 1 atom stereocenters. The molecule has 1 aliphatic rings. The van der Waals surface area contributed by atoms with Crippen LogP contribution in [0.3, 0.4) is 0 Å². The van der Waals surface area contributed by atoms with E-state index < -0.39 is 11.5 Å². The Bertz CT molecular complexity index is 1130. The predicted octanol–water partition coefficient (Wildman–Crippen LogP) is 3.75. The number of hydrogen-bond donors (Lipinski definition) is 2. The Morgan fingerprint density at radius 2 is 1.96 bits per heavy atom. The number of aryl methyl sites for hydroxylation is 1. The van der Waals surface area contributed by atoms with Gasteiger partial charge >= 0.3 is 0 Å². The molecule has 142 valence electrons. The number of H-pyrrole nitrogens is 1. The second kappa shape index (κ2) is 6.96. The van der Waals surface area contributed by atoms with E-state index in [9.17, 15) is 14.4 Å². The summed E-state index contributed by atoms with van der Waals surface area (Å²) in [5.41, 5.74) is 2.99.